The Kier molecular flexibility index (Phi) is 6.95. The Morgan fingerprint density at radius 1 is 0.968 bits per heavy atom. The van der Waals surface area contributed by atoms with E-state index in [-0.39, 0.29) is 17.2 Å². The van der Waals surface area contributed by atoms with Gasteiger partial charge in [-0.25, -0.2) is 0 Å². The maximum Gasteiger partial charge on any atom is 0.255 e. The molecule has 1 N–H and O–H groups in total. The zero-order chi connectivity index (χ0) is 22.8. The molecule has 2 aromatic carbocycles. The molecule has 0 bridgehead atoms. The monoisotopic (exact) mass is 441 g/mol. The molecule has 0 unspecified atom stereocenters. The van der Waals surface area contributed by atoms with Crippen LogP contribution in [0, 0.1) is 5.41 Å². The number of carbonyl (C=O) groups excluding carboxylic acids is 2. The van der Waals surface area contributed by atoms with Crippen LogP contribution in [0.2, 0.25) is 5.02 Å². The van der Waals surface area contributed by atoms with Gasteiger partial charge < -0.3 is 15.1 Å². The van der Waals surface area contributed by atoms with E-state index in [1.54, 1.807) is 6.07 Å². The first-order valence-electron chi connectivity index (χ1n) is 10.8. The van der Waals surface area contributed by atoms with Gasteiger partial charge >= 0.3 is 0 Å². The standard InChI is InChI=1S/C25H32ClN3O2/c1-17(2)18-6-8-19(9-7-18)23(30)27-20-10-11-22(21(26)16-20)28-12-14-29(15-13-28)24(31)25(3,4)5/h6-11,16-17H,12-15H2,1-5H3,(H,27,30). The molecule has 1 heterocycles. The van der Waals surface area contributed by atoms with E-state index in [9.17, 15) is 9.59 Å². The molecule has 3 rings (SSSR count). The lowest BCUT2D eigenvalue weighted by atomic mass is 9.94. The molecular formula is C25H32ClN3O2. The van der Waals surface area contributed by atoms with E-state index in [0.29, 0.717) is 35.3 Å². The molecule has 1 aliphatic rings. The Morgan fingerprint density at radius 2 is 1.58 bits per heavy atom. The van der Waals surface area contributed by atoms with Gasteiger partial charge in [0.25, 0.3) is 5.91 Å². The first kappa shape index (κ1) is 23.1. The molecule has 1 saturated heterocycles. The van der Waals surface area contributed by atoms with Gasteiger partial charge in [0.1, 0.15) is 0 Å². The number of hydrogen-bond donors (Lipinski definition) is 1. The van der Waals surface area contributed by atoms with Crippen molar-refractivity contribution in [2.75, 3.05) is 36.4 Å². The predicted molar refractivity (Wildman–Crippen MR) is 128 cm³/mol. The minimum absolute atomic E-state index is 0.159. The Hall–Kier alpha value is -2.53. The number of piperazine rings is 1. The zero-order valence-corrected chi connectivity index (χ0v) is 19.8. The van der Waals surface area contributed by atoms with Crippen LogP contribution in [0.25, 0.3) is 0 Å². The van der Waals surface area contributed by atoms with Crippen molar-refractivity contribution in [2.45, 2.75) is 40.5 Å². The zero-order valence-electron chi connectivity index (χ0n) is 19.0. The van der Waals surface area contributed by atoms with Crippen LogP contribution in [0.1, 0.15) is 56.5 Å². The second-order valence-electron chi connectivity index (χ2n) is 9.43. The number of amides is 2. The first-order valence-corrected chi connectivity index (χ1v) is 11.2. The minimum atomic E-state index is -0.366. The highest BCUT2D eigenvalue weighted by Gasteiger charge is 2.30. The summed E-state index contributed by atoms with van der Waals surface area (Å²) in [6, 6.07) is 13.2. The molecule has 0 spiro atoms. The van der Waals surface area contributed by atoms with Crippen molar-refractivity contribution >= 4 is 34.8 Å². The number of carbonyl (C=O) groups is 2. The quantitative estimate of drug-likeness (QED) is 0.690. The van der Waals surface area contributed by atoms with Crippen LogP contribution in [0.3, 0.4) is 0 Å². The third-order valence-electron chi connectivity index (χ3n) is 5.59. The van der Waals surface area contributed by atoms with Gasteiger partial charge in [-0.15, -0.1) is 0 Å². The van der Waals surface area contributed by atoms with E-state index in [4.69, 9.17) is 11.6 Å². The molecule has 6 heteroatoms. The van der Waals surface area contributed by atoms with Gasteiger partial charge in [-0.05, 0) is 41.8 Å². The van der Waals surface area contributed by atoms with Gasteiger partial charge in [0.15, 0.2) is 0 Å². The SMILES string of the molecule is CC(C)c1ccc(C(=O)Nc2ccc(N3CCN(C(=O)C(C)(C)C)CC3)c(Cl)c2)cc1. The molecule has 31 heavy (non-hydrogen) atoms. The Labute approximate surface area is 190 Å². The number of nitrogens with one attached hydrogen (secondary N) is 1. The van der Waals surface area contributed by atoms with Gasteiger partial charge in [0.05, 0.1) is 10.7 Å². The summed E-state index contributed by atoms with van der Waals surface area (Å²) in [6.07, 6.45) is 0. The van der Waals surface area contributed by atoms with E-state index in [1.165, 1.54) is 5.56 Å². The number of hydrogen-bond acceptors (Lipinski definition) is 3. The van der Waals surface area contributed by atoms with Crippen molar-refractivity contribution in [1.82, 2.24) is 4.90 Å². The first-order chi connectivity index (χ1) is 14.6. The second kappa shape index (κ2) is 9.31. The summed E-state index contributed by atoms with van der Waals surface area (Å²) in [5, 5.41) is 3.51. The third-order valence-corrected chi connectivity index (χ3v) is 5.90. The smallest absolute Gasteiger partial charge is 0.255 e. The van der Waals surface area contributed by atoms with Crippen molar-refractivity contribution in [1.29, 1.82) is 0 Å². The molecule has 0 saturated carbocycles. The molecule has 5 nitrogen and oxygen atoms in total. The number of halogens is 1. The lowest BCUT2D eigenvalue weighted by molar-refractivity contribution is -0.139. The van der Waals surface area contributed by atoms with Gasteiger partial charge in [-0.2, -0.15) is 0 Å². The number of nitrogens with zero attached hydrogens (tertiary/aromatic N) is 2. The molecule has 0 aromatic heterocycles. The average Bonchev–Trinajstić information content (AvgIpc) is 2.73. The van der Waals surface area contributed by atoms with Crippen molar-refractivity contribution < 1.29 is 9.59 Å². The van der Waals surface area contributed by atoms with E-state index in [1.807, 2.05) is 62.1 Å². The van der Waals surface area contributed by atoms with E-state index >= 15 is 0 Å². The molecular weight excluding hydrogens is 410 g/mol. The summed E-state index contributed by atoms with van der Waals surface area (Å²) in [7, 11) is 0. The molecule has 2 amide bonds. The lowest BCUT2D eigenvalue weighted by Crippen LogP contribution is -2.51. The topological polar surface area (TPSA) is 52.7 Å². The normalized spacial score (nSPS) is 14.7. The Bertz CT molecular complexity index is 940. The third kappa shape index (κ3) is 5.59. The van der Waals surface area contributed by atoms with Crippen LogP contribution in [-0.2, 0) is 4.79 Å². The Morgan fingerprint density at radius 3 is 2.10 bits per heavy atom. The molecule has 0 aliphatic carbocycles. The van der Waals surface area contributed by atoms with Crippen LogP contribution < -0.4 is 10.2 Å². The number of rotatable bonds is 4. The van der Waals surface area contributed by atoms with E-state index in [0.717, 1.165) is 18.8 Å². The summed E-state index contributed by atoms with van der Waals surface area (Å²) in [5.41, 5.74) is 3.03. The fourth-order valence-electron chi connectivity index (χ4n) is 3.69. The fraction of sp³-hybridized carbons (Fsp3) is 0.440. The molecule has 0 atom stereocenters. The summed E-state index contributed by atoms with van der Waals surface area (Å²) in [5.74, 6) is 0.447. The van der Waals surface area contributed by atoms with E-state index in [2.05, 4.69) is 24.1 Å². The van der Waals surface area contributed by atoms with Crippen LogP contribution in [-0.4, -0.2) is 42.9 Å². The predicted octanol–water partition coefficient (Wildman–Crippen LogP) is 5.41. The van der Waals surface area contributed by atoms with Crippen LogP contribution in [0.15, 0.2) is 42.5 Å². The highest BCUT2D eigenvalue weighted by atomic mass is 35.5. The van der Waals surface area contributed by atoms with Gasteiger partial charge in [0.2, 0.25) is 5.91 Å². The largest absolute Gasteiger partial charge is 0.367 e. The maximum atomic E-state index is 12.6. The molecule has 0 radical (unpaired) electrons. The maximum absolute atomic E-state index is 12.6. The summed E-state index contributed by atoms with van der Waals surface area (Å²) in [4.78, 5) is 29.2. The minimum Gasteiger partial charge on any atom is -0.367 e. The highest BCUT2D eigenvalue weighted by Crippen LogP contribution is 2.30. The van der Waals surface area contributed by atoms with Crippen molar-refractivity contribution in [2.24, 2.45) is 5.41 Å². The van der Waals surface area contributed by atoms with Crippen LogP contribution in [0.4, 0.5) is 11.4 Å². The summed E-state index contributed by atoms with van der Waals surface area (Å²) >= 11 is 6.55. The van der Waals surface area contributed by atoms with Gasteiger partial charge in [-0.1, -0.05) is 58.4 Å². The van der Waals surface area contributed by atoms with Gasteiger partial charge in [-0.3, -0.25) is 9.59 Å². The Balaban J connectivity index is 1.63. The highest BCUT2D eigenvalue weighted by molar-refractivity contribution is 6.33. The van der Waals surface area contributed by atoms with Crippen molar-refractivity contribution in [3.63, 3.8) is 0 Å². The summed E-state index contributed by atoms with van der Waals surface area (Å²) < 4.78 is 0. The molecule has 166 valence electrons. The molecule has 1 fully saturated rings. The summed E-state index contributed by atoms with van der Waals surface area (Å²) in [6.45, 7) is 12.9. The fourth-order valence-corrected chi connectivity index (χ4v) is 3.99. The van der Waals surface area contributed by atoms with E-state index < -0.39 is 0 Å². The van der Waals surface area contributed by atoms with Crippen molar-refractivity contribution in [3.05, 3.63) is 58.6 Å². The molecule has 1 aliphatic heterocycles. The average molecular weight is 442 g/mol. The number of benzene rings is 2. The van der Waals surface area contributed by atoms with Crippen molar-refractivity contribution in [3.8, 4) is 0 Å². The molecule has 2 aromatic rings. The second-order valence-corrected chi connectivity index (χ2v) is 9.83. The van der Waals surface area contributed by atoms with Crippen LogP contribution in [0.5, 0.6) is 0 Å². The number of anilines is 2. The van der Waals surface area contributed by atoms with Crippen LogP contribution >= 0.6 is 11.6 Å². The lowest BCUT2D eigenvalue weighted by Gasteiger charge is -2.39. The van der Waals surface area contributed by atoms with Gasteiger partial charge in [0, 0.05) is 42.8 Å².